The predicted molar refractivity (Wildman–Crippen MR) is 144 cm³/mol. The maximum absolute atomic E-state index is 13.2. The highest BCUT2D eigenvalue weighted by Gasteiger charge is 2.45. The average molecular weight is 585 g/mol. The summed E-state index contributed by atoms with van der Waals surface area (Å²) >= 11 is 0. The van der Waals surface area contributed by atoms with Gasteiger partial charge in [0.05, 0.1) is 17.1 Å². The number of nitrogens with one attached hydrogen (secondary N) is 2. The highest BCUT2D eigenvalue weighted by Crippen LogP contribution is 2.37. The minimum Gasteiger partial charge on any atom is -0.491 e. The lowest BCUT2D eigenvalue weighted by Crippen LogP contribution is -2.47. The zero-order valence-electron chi connectivity index (χ0n) is 22.1. The van der Waals surface area contributed by atoms with Crippen LogP contribution in [-0.4, -0.2) is 88.5 Å². The third-order valence-electron chi connectivity index (χ3n) is 7.24. The van der Waals surface area contributed by atoms with Gasteiger partial charge in [-0.15, -0.1) is 0 Å². The third kappa shape index (κ3) is 6.88. The molecule has 0 amide bonds. The Morgan fingerprint density at radius 3 is 2.64 bits per heavy atom. The van der Waals surface area contributed by atoms with Gasteiger partial charge in [0.1, 0.15) is 23.4 Å². The second-order valence-corrected chi connectivity index (χ2v) is 13.7. The van der Waals surface area contributed by atoms with E-state index in [9.17, 15) is 26.7 Å². The predicted octanol–water partition coefficient (Wildman–Crippen LogP) is 0.118. The molecular formula is C25H36N4O8S2. The van der Waals surface area contributed by atoms with Crippen LogP contribution in [0, 0.1) is 0 Å². The molecule has 14 heteroatoms. The van der Waals surface area contributed by atoms with Gasteiger partial charge >= 0.3 is 0 Å². The fourth-order valence-corrected chi connectivity index (χ4v) is 7.19. The highest BCUT2D eigenvalue weighted by atomic mass is 32.2. The average Bonchev–Trinajstić information content (AvgIpc) is 3.33. The Kier molecular flexibility index (Phi) is 9.15. The van der Waals surface area contributed by atoms with Crippen LogP contribution in [0.25, 0.3) is 0 Å². The van der Waals surface area contributed by atoms with Crippen molar-refractivity contribution < 1.29 is 31.4 Å². The van der Waals surface area contributed by atoms with Crippen LogP contribution in [0.15, 0.2) is 57.3 Å². The van der Waals surface area contributed by atoms with E-state index in [4.69, 9.17) is 9.47 Å². The number of aliphatic hydroxyl groups is 1. The lowest BCUT2D eigenvalue weighted by molar-refractivity contribution is -0.0312. The molecule has 0 saturated carbocycles. The molecule has 1 aromatic carbocycles. The van der Waals surface area contributed by atoms with Crippen LogP contribution >= 0.6 is 0 Å². The van der Waals surface area contributed by atoms with Gasteiger partial charge in [0, 0.05) is 56.7 Å². The molecule has 1 aromatic heterocycles. The van der Waals surface area contributed by atoms with Crippen LogP contribution in [0.5, 0.6) is 5.75 Å². The van der Waals surface area contributed by atoms with Crippen molar-refractivity contribution in [3.05, 3.63) is 52.9 Å². The van der Waals surface area contributed by atoms with Crippen LogP contribution in [0.2, 0.25) is 0 Å². The first kappa shape index (κ1) is 29.6. The summed E-state index contributed by atoms with van der Waals surface area (Å²) in [5.74, 6) is 0.333. The second-order valence-electron chi connectivity index (χ2n) is 9.86. The Balaban J connectivity index is 1.25. The summed E-state index contributed by atoms with van der Waals surface area (Å²) in [6.07, 6.45) is 3.82. The molecule has 2 saturated heterocycles. The summed E-state index contributed by atoms with van der Waals surface area (Å²) < 4.78 is 67.2. The minimum atomic E-state index is -3.90. The summed E-state index contributed by atoms with van der Waals surface area (Å²) in [4.78, 5) is 12.1. The number of hydrogen-bond donors (Lipinski definition) is 3. The third-order valence-corrected chi connectivity index (χ3v) is 10.6. The Hall–Kier alpha value is -2.33. The van der Waals surface area contributed by atoms with E-state index in [1.54, 1.807) is 22.9 Å². The number of hydrogen-bond acceptors (Lipinski definition) is 9. The van der Waals surface area contributed by atoms with E-state index in [1.165, 1.54) is 35.7 Å². The molecule has 0 unspecified atom stereocenters. The van der Waals surface area contributed by atoms with Crippen LogP contribution in [0.3, 0.4) is 0 Å². The largest absolute Gasteiger partial charge is 0.491 e. The lowest BCUT2D eigenvalue weighted by atomic mass is 9.88. The molecule has 0 radical (unpaired) electrons. The van der Waals surface area contributed by atoms with E-state index in [1.807, 2.05) is 6.92 Å². The number of benzene rings is 1. The van der Waals surface area contributed by atoms with E-state index in [0.717, 1.165) is 0 Å². The summed E-state index contributed by atoms with van der Waals surface area (Å²) in [6.45, 7) is 3.60. The van der Waals surface area contributed by atoms with Crippen molar-refractivity contribution in [1.29, 1.82) is 0 Å². The molecule has 2 fully saturated rings. The number of ether oxygens (including phenoxy) is 2. The van der Waals surface area contributed by atoms with Gasteiger partial charge in [-0.1, -0.05) is 6.07 Å². The normalized spacial score (nSPS) is 20.7. The Bertz CT molecular complexity index is 1420. The number of sulfonamides is 2. The molecule has 2 aliphatic heterocycles. The van der Waals surface area contributed by atoms with Crippen molar-refractivity contribution >= 4 is 20.0 Å². The van der Waals surface area contributed by atoms with Gasteiger partial charge in [0.2, 0.25) is 25.5 Å². The maximum atomic E-state index is 13.2. The van der Waals surface area contributed by atoms with Crippen LogP contribution in [0.1, 0.15) is 26.2 Å². The van der Waals surface area contributed by atoms with E-state index in [2.05, 4.69) is 10.0 Å². The van der Waals surface area contributed by atoms with Gasteiger partial charge in [-0.3, -0.25) is 4.79 Å². The fraction of sp³-hybridized carbons (Fsp3) is 0.560. The Morgan fingerprint density at radius 1 is 1.21 bits per heavy atom. The fourth-order valence-electron chi connectivity index (χ4n) is 4.89. The minimum absolute atomic E-state index is 0.0159. The van der Waals surface area contributed by atoms with Crippen molar-refractivity contribution in [3.63, 3.8) is 0 Å². The number of aryl methyl sites for hydroxylation is 1. The van der Waals surface area contributed by atoms with E-state index in [0.29, 0.717) is 38.2 Å². The van der Waals surface area contributed by atoms with Crippen molar-refractivity contribution in [2.75, 3.05) is 39.9 Å². The number of aromatic nitrogens is 1. The molecule has 0 aliphatic carbocycles. The van der Waals surface area contributed by atoms with E-state index in [-0.39, 0.29) is 42.1 Å². The number of nitrogens with zero attached hydrogens (tertiary/aromatic N) is 2. The van der Waals surface area contributed by atoms with Gasteiger partial charge in [-0.25, -0.2) is 21.6 Å². The van der Waals surface area contributed by atoms with Gasteiger partial charge in [-0.05, 0) is 45.4 Å². The summed E-state index contributed by atoms with van der Waals surface area (Å²) in [7, 11) is -6.17. The molecule has 2 aliphatic rings. The molecular weight excluding hydrogens is 548 g/mol. The number of pyridine rings is 1. The van der Waals surface area contributed by atoms with Gasteiger partial charge in [0.25, 0.3) is 0 Å². The van der Waals surface area contributed by atoms with Gasteiger partial charge < -0.3 is 24.5 Å². The number of piperidine rings is 1. The summed E-state index contributed by atoms with van der Waals surface area (Å²) in [6, 6.07) is 7.30. The molecule has 2 aromatic rings. The highest BCUT2D eigenvalue weighted by molar-refractivity contribution is 7.89. The monoisotopic (exact) mass is 584 g/mol. The van der Waals surface area contributed by atoms with Crippen molar-refractivity contribution in [2.45, 2.75) is 60.3 Å². The molecule has 3 heterocycles. The first-order chi connectivity index (χ1) is 18.5. The quantitative estimate of drug-likeness (QED) is 0.334. The second kappa shape index (κ2) is 12.0. The zero-order valence-corrected chi connectivity index (χ0v) is 23.7. The zero-order chi connectivity index (χ0) is 28.3. The molecule has 0 bridgehead atoms. The molecule has 216 valence electrons. The summed E-state index contributed by atoms with van der Waals surface area (Å²) in [5, 5.41) is 13.7. The molecule has 3 N–H and O–H groups in total. The Labute approximate surface area is 229 Å². The molecule has 12 nitrogen and oxygen atoms in total. The van der Waals surface area contributed by atoms with Crippen molar-refractivity contribution in [2.24, 2.45) is 0 Å². The standard InChI is InChI=1S/C25H36N4O8S2/c1-3-28-10-7-23(31)24(16-28)39(34,35)29-11-8-25(9-12-29)14-19(17-37-25)27-15-20(30)18-36-21-5-4-6-22(13-21)38(32,33)26-2/h4-7,10,13,16,19-20,26-27,30H,3,8-9,11-12,14-15,17-18H2,1-2H3/t19-,20+/m1/s1. The van der Waals surface area contributed by atoms with Gasteiger partial charge in [-0.2, -0.15) is 4.31 Å². The van der Waals surface area contributed by atoms with E-state index >= 15 is 0 Å². The van der Waals surface area contributed by atoms with Crippen LogP contribution in [0.4, 0.5) is 0 Å². The first-order valence-electron chi connectivity index (χ1n) is 12.9. The van der Waals surface area contributed by atoms with Crippen LogP contribution < -0.4 is 20.2 Å². The summed E-state index contributed by atoms with van der Waals surface area (Å²) in [5.41, 5.74) is -0.968. The SMILES string of the molecule is CCn1ccc(=O)c(S(=O)(=O)N2CCC3(CC2)C[C@@H](NC[C@H](O)COc2cccc(S(=O)(=O)NC)c2)CO3)c1. The van der Waals surface area contributed by atoms with Crippen molar-refractivity contribution in [1.82, 2.24) is 18.9 Å². The van der Waals surface area contributed by atoms with Gasteiger partial charge in [0.15, 0.2) is 0 Å². The lowest BCUT2D eigenvalue weighted by Gasteiger charge is -2.38. The smallest absolute Gasteiger partial charge is 0.248 e. The van der Waals surface area contributed by atoms with E-state index < -0.39 is 37.2 Å². The molecule has 1 spiro atoms. The maximum Gasteiger partial charge on any atom is 0.248 e. The molecule has 2 atom stereocenters. The van der Waals surface area contributed by atoms with Crippen LogP contribution in [-0.2, 0) is 31.3 Å². The number of rotatable bonds is 11. The first-order valence-corrected chi connectivity index (χ1v) is 15.8. The number of aliphatic hydroxyl groups excluding tert-OH is 1. The molecule has 39 heavy (non-hydrogen) atoms. The topological polar surface area (TPSA) is 156 Å². The molecule has 4 rings (SSSR count). The Morgan fingerprint density at radius 2 is 1.95 bits per heavy atom. The van der Waals surface area contributed by atoms with Crippen molar-refractivity contribution in [3.8, 4) is 5.75 Å².